The standard InChI is InChI=1S/C7H10O/c1-2-3-6-4-7(6)5-8/h2-3,5-7H,4H2,1H3/b3-2+. The van der Waals surface area contributed by atoms with Gasteiger partial charge in [0.2, 0.25) is 0 Å². The highest BCUT2D eigenvalue weighted by atomic mass is 16.1. The molecule has 1 heteroatoms. The molecule has 1 aliphatic rings. The Kier molecular flexibility index (Phi) is 1.47. The van der Waals surface area contributed by atoms with Gasteiger partial charge in [-0.25, -0.2) is 0 Å². The number of aldehydes is 1. The number of rotatable bonds is 2. The van der Waals surface area contributed by atoms with Crippen LogP contribution in [0.15, 0.2) is 12.2 Å². The number of carbonyl (C=O) groups excluding carboxylic acids is 1. The SMILES string of the molecule is C/C=C/C1CC1C=O. The lowest BCUT2D eigenvalue weighted by Gasteiger charge is -1.75. The van der Waals surface area contributed by atoms with Crippen LogP contribution in [-0.2, 0) is 4.79 Å². The zero-order valence-corrected chi connectivity index (χ0v) is 5.00. The third kappa shape index (κ3) is 0.971. The molecular weight excluding hydrogens is 100 g/mol. The average molecular weight is 110 g/mol. The fraction of sp³-hybridized carbons (Fsp3) is 0.571. The van der Waals surface area contributed by atoms with Crippen LogP contribution in [0.4, 0.5) is 0 Å². The topological polar surface area (TPSA) is 17.1 Å². The molecule has 0 N–H and O–H groups in total. The molecule has 2 atom stereocenters. The highest BCUT2D eigenvalue weighted by Gasteiger charge is 2.33. The van der Waals surface area contributed by atoms with Crippen LogP contribution in [0.5, 0.6) is 0 Å². The molecule has 1 nitrogen and oxygen atoms in total. The third-order valence-corrected chi connectivity index (χ3v) is 1.51. The molecule has 1 fully saturated rings. The Morgan fingerprint density at radius 1 is 1.50 bits per heavy atom. The Morgan fingerprint density at radius 2 is 2.25 bits per heavy atom. The first-order valence-electron chi connectivity index (χ1n) is 2.96. The van der Waals surface area contributed by atoms with Gasteiger partial charge in [-0.3, -0.25) is 0 Å². The van der Waals surface area contributed by atoms with Crippen molar-refractivity contribution in [1.29, 1.82) is 0 Å². The molecular formula is C7H10O. The van der Waals surface area contributed by atoms with Crippen molar-refractivity contribution in [3.63, 3.8) is 0 Å². The van der Waals surface area contributed by atoms with E-state index < -0.39 is 0 Å². The maximum atomic E-state index is 10.0. The van der Waals surface area contributed by atoms with E-state index >= 15 is 0 Å². The van der Waals surface area contributed by atoms with Crippen molar-refractivity contribution in [2.24, 2.45) is 11.8 Å². The molecule has 0 saturated heterocycles. The Bertz CT molecular complexity index is 116. The summed E-state index contributed by atoms with van der Waals surface area (Å²) in [6.07, 6.45) is 6.23. The predicted molar refractivity (Wildman–Crippen MR) is 32.5 cm³/mol. The summed E-state index contributed by atoms with van der Waals surface area (Å²) < 4.78 is 0. The van der Waals surface area contributed by atoms with Gasteiger partial charge in [-0.2, -0.15) is 0 Å². The summed E-state index contributed by atoms with van der Waals surface area (Å²) in [6, 6.07) is 0. The lowest BCUT2D eigenvalue weighted by atomic mass is 10.3. The molecule has 2 unspecified atom stereocenters. The molecule has 0 aromatic rings. The van der Waals surface area contributed by atoms with E-state index in [4.69, 9.17) is 0 Å². The van der Waals surface area contributed by atoms with Crippen LogP contribution in [0.25, 0.3) is 0 Å². The molecule has 1 saturated carbocycles. The maximum Gasteiger partial charge on any atom is 0.123 e. The van der Waals surface area contributed by atoms with E-state index in [-0.39, 0.29) is 0 Å². The first kappa shape index (κ1) is 5.54. The quantitative estimate of drug-likeness (QED) is 0.388. The molecule has 1 aliphatic carbocycles. The molecule has 0 radical (unpaired) electrons. The van der Waals surface area contributed by atoms with Crippen molar-refractivity contribution in [3.05, 3.63) is 12.2 Å². The van der Waals surface area contributed by atoms with Crippen molar-refractivity contribution in [2.45, 2.75) is 13.3 Å². The summed E-state index contributed by atoms with van der Waals surface area (Å²) in [5, 5.41) is 0. The summed E-state index contributed by atoms with van der Waals surface area (Å²) in [5.74, 6) is 0.934. The summed E-state index contributed by atoms with van der Waals surface area (Å²) in [6.45, 7) is 1.99. The van der Waals surface area contributed by atoms with Gasteiger partial charge in [-0.1, -0.05) is 12.2 Å². The molecule has 8 heavy (non-hydrogen) atoms. The molecule has 0 aromatic carbocycles. The van der Waals surface area contributed by atoms with Gasteiger partial charge in [0, 0.05) is 5.92 Å². The van der Waals surface area contributed by atoms with E-state index in [1.54, 1.807) is 0 Å². The summed E-state index contributed by atoms with van der Waals surface area (Å²) in [7, 11) is 0. The van der Waals surface area contributed by atoms with E-state index in [1.165, 1.54) is 0 Å². The third-order valence-electron chi connectivity index (χ3n) is 1.51. The van der Waals surface area contributed by atoms with E-state index in [9.17, 15) is 4.79 Å². The van der Waals surface area contributed by atoms with E-state index in [0.29, 0.717) is 11.8 Å². The molecule has 0 amide bonds. The zero-order chi connectivity index (χ0) is 5.98. The lowest BCUT2D eigenvalue weighted by Crippen LogP contribution is -1.76. The second-order valence-electron chi connectivity index (χ2n) is 2.23. The summed E-state index contributed by atoms with van der Waals surface area (Å²) in [5.41, 5.74) is 0. The number of allylic oxidation sites excluding steroid dienone is 2. The first-order valence-corrected chi connectivity index (χ1v) is 2.96. The van der Waals surface area contributed by atoms with Crippen LogP contribution in [0.2, 0.25) is 0 Å². The Labute approximate surface area is 49.4 Å². The van der Waals surface area contributed by atoms with Crippen LogP contribution < -0.4 is 0 Å². The molecule has 0 aromatic heterocycles. The zero-order valence-electron chi connectivity index (χ0n) is 5.00. The normalized spacial score (nSPS) is 35.6. The second kappa shape index (κ2) is 2.12. The van der Waals surface area contributed by atoms with Gasteiger partial charge in [0.25, 0.3) is 0 Å². The average Bonchev–Trinajstić information content (AvgIpc) is 2.48. The summed E-state index contributed by atoms with van der Waals surface area (Å²) in [4.78, 5) is 10.0. The number of hydrogen-bond donors (Lipinski definition) is 0. The van der Waals surface area contributed by atoms with Crippen LogP contribution >= 0.6 is 0 Å². The molecule has 0 aliphatic heterocycles. The minimum atomic E-state index is 0.353. The van der Waals surface area contributed by atoms with E-state index in [2.05, 4.69) is 6.08 Å². The Hall–Kier alpha value is -0.590. The van der Waals surface area contributed by atoms with Crippen molar-refractivity contribution in [3.8, 4) is 0 Å². The van der Waals surface area contributed by atoms with Crippen molar-refractivity contribution in [1.82, 2.24) is 0 Å². The van der Waals surface area contributed by atoms with Gasteiger partial charge in [-0.05, 0) is 19.3 Å². The largest absolute Gasteiger partial charge is 0.303 e. The monoisotopic (exact) mass is 110 g/mol. The fourth-order valence-corrected chi connectivity index (χ4v) is 0.861. The second-order valence-corrected chi connectivity index (χ2v) is 2.23. The molecule has 1 rings (SSSR count). The minimum absolute atomic E-state index is 0.353. The molecule has 44 valence electrons. The fourth-order valence-electron chi connectivity index (χ4n) is 0.861. The van der Waals surface area contributed by atoms with Gasteiger partial charge in [0.15, 0.2) is 0 Å². The minimum Gasteiger partial charge on any atom is -0.303 e. The molecule has 0 heterocycles. The van der Waals surface area contributed by atoms with Crippen molar-refractivity contribution in [2.75, 3.05) is 0 Å². The van der Waals surface area contributed by atoms with Gasteiger partial charge in [-0.15, -0.1) is 0 Å². The van der Waals surface area contributed by atoms with Gasteiger partial charge in [0.05, 0.1) is 0 Å². The lowest BCUT2D eigenvalue weighted by molar-refractivity contribution is -0.109. The Balaban J connectivity index is 2.26. The van der Waals surface area contributed by atoms with Crippen LogP contribution in [0, 0.1) is 11.8 Å². The van der Waals surface area contributed by atoms with Gasteiger partial charge >= 0.3 is 0 Å². The molecule has 0 spiro atoms. The van der Waals surface area contributed by atoms with Crippen LogP contribution in [0.1, 0.15) is 13.3 Å². The number of carbonyl (C=O) groups is 1. The van der Waals surface area contributed by atoms with Crippen molar-refractivity contribution < 1.29 is 4.79 Å². The first-order chi connectivity index (χ1) is 3.88. The predicted octanol–water partition coefficient (Wildman–Crippen LogP) is 1.40. The van der Waals surface area contributed by atoms with Gasteiger partial charge < -0.3 is 4.79 Å². The highest BCUT2D eigenvalue weighted by molar-refractivity contribution is 5.59. The Morgan fingerprint density at radius 3 is 2.62 bits per heavy atom. The van der Waals surface area contributed by atoms with Crippen LogP contribution in [0.3, 0.4) is 0 Å². The van der Waals surface area contributed by atoms with E-state index in [0.717, 1.165) is 12.7 Å². The van der Waals surface area contributed by atoms with Gasteiger partial charge in [0.1, 0.15) is 6.29 Å². The number of hydrogen-bond acceptors (Lipinski definition) is 1. The van der Waals surface area contributed by atoms with E-state index in [1.807, 2.05) is 13.0 Å². The maximum absolute atomic E-state index is 10.0. The highest BCUT2D eigenvalue weighted by Crippen LogP contribution is 2.37. The smallest absolute Gasteiger partial charge is 0.123 e. The van der Waals surface area contributed by atoms with Crippen molar-refractivity contribution >= 4 is 6.29 Å². The molecule has 0 bridgehead atoms. The van der Waals surface area contributed by atoms with Crippen LogP contribution in [-0.4, -0.2) is 6.29 Å². The summed E-state index contributed by atoms with van der Waals surface area (Å²) >= 11 is 0.